The molecule has 0 fully saturated rings. The predicted octanol–water partition coefficient (Wildman–Crippen LogP) is 0.880. The molecule has 20 heavy (non-hydrogen) atoms. The highest BCUT2D eigenvalue weighted by molar-refractivity contribution is 7.89. The van der Waals surface area contributed by atoms with Crippen molar-refractivity contribution in [1.29, 1.82) is 0 Å². The largest absolute Gasteiger partial charge is 0.393 e. The minimum Gasteiger partial charge on any atom is -0.393 e. The summed E-state index contributed by atoms with van der Waals surface area (Å²) in [6.45, 7) is 3.94. The molecule has 0 amide bonds. The zero-order valence-electron chi connectivity index (χ0n) is 11.2. The fraction of sp³-hybridized carbons (Fsp3) is 0.455. The number of nitrogen functional groups attached to an aromatic ring is 1. The van der Waals surface area contributed by atoms with Crippen LogP contribution in [-0.2, 0) is 14.8 Å². The molecule has 0 aromatic heterocycles. The van der Waals surface area contributed by atoms with Gasteiger partial charge >= 0.3 is 5.69 Å². The van der Waals surface area contributed by atoms with E-state index in [9.17, 15) is 18.5 Å². The average molecular weight is 303 g/mol. The first-order chi connectivity index (χ1) is 9.29. The van der Waals surface area contributed by atoms with Crippen LogP contribution in [0.15, 0.2) is 23.1 Å². The molecule has 112 valence electrons. The van der Waals surface area contributed by atoms with E-state index in [2.05, 4.69) is 4.72 Å². The summed E-state index contributed by atoms with van der Waals surface area (Å²) in [7, 11) is -4.02. The van der Waals surface area contributed by atoms with Crippen molar-refractivity contribution in [3.63, 3.8) is 0 Å². The highest BCUT2D eigenvalue weighted by Crippen LogP contribution is 2.29. The first-order valence-electron chi connectivity index (χ1n) is 5.93. The summed E-state index contributed by atoms with van der Waals surface area (Å²) in [6.07, 6.45) is -0.338. The van der Waals surface area contributed by atoms with Crippen molar-refractivity contribution in [3.05, 3.63) is 28.3 Å². The van der Waals surface area contributed by atoms with Crippen LogP contribution in [0.5, 0.6) is 0 Å². The quantitative estimate of drug-likeness (QED) is 0.437. The van der Waals surface area contributed by atoms with Gasteiger partial charge in [0.15, 0.2) is 4.90 Å². The molecule has 0 heterocycles. The van der Waals surface area contributed by atoms with Crippen LogP contribution in [0.3, 0.4) is 0 Å². The van der Waals surface area contributed by atoms with E-state index in [4.69, 9.17) is 10.5 Å². The Hall–Kier alpha value is -1.71. The summed E-state index contributed by atoms with van der Waals surface area (Å²) in [5.41, 5.74) is 4.64. The Morgan fingerprint density at radius 3 is 2.70 bits per heavy atom. The number of hydrogen-bond donors (Lipinski definition) is 2. The van der Waals surface area contributed by atoms with Gasteiger partial charge in [-0.05, 0) is 26.0 Å². The van der Waals surface area contributed by atoms with E-state index in [0.29, 0.717) is 6.61 Å². The Balaban J connectivity index is 3.04. The summed E-state index contributed by atoms with van der Waals surface area (Å²) in [5, 5.41) is 10.9. The maximum Gasteiger partial charge on any atom is 0.312 e. The van der Waals surface area contributed by atoms with E-state index in [0.717, 1.165) is 6.07 Å². The Kier molecular flexibility index (Phi) is 5.43. The van der Waals surface area contributed by atoms with Crippen molar-refractivity contribution in [2.75, 3.05) is 18.9 Å². The van der Waals surface area contributed by atoms with Gasteiger partial charge in [0.2, 0.25) is 10.0 Å². The van der Waals surface area contributed by atoms with E-state index >= 15 is 0 Å². The third-order valence-electron chi connectivity index (χ3n) is 2.51. The normalized spacial score (nSPS) is 13.1. The molecule has 0 aliphatic rings. The van der Waals surface area contributed by atoms with E-state index in [1.165, 1.54) is 12.1 Å². The number of nitrogens with zero attached hydrogens (tertiary/aromatic N) is 1. The van der Waals surface area contributed by atoms with Crippen molar-refractivity contribution in [2.24, 2.45) is 0 Å². The van der Waals surface area contributed by atoms with Gasteiger partial charge in [-0.3, -0.25) is 10.1 Å². The van der Waals surface area contributed by atoms with Crippen LogP contribution in [-0.4, -0.2) is 32.6 Å². The van der Waals surface area contributed by atoms with Gasteiger partial charge in [-0.2, -0.15) is 0 Å². The third kappa shape index (κ3) is 3.89. The van der Waals surface area contributed by atoms with Crippen LogP contribution < -0.4 is 10.5 Å². The van der Waals surface area contributed by atoms with Crippen LogP contribution in [0, 0.1) is 10.1 Å². The summed E-state index contributed by atoms with van der Waals surface area (Å²) >= 11 is 0. The van der Waals surface area contributed by atoms with Gasteiger partial charge in [0.1, 0.15) is 5.69 Å². The van der Waals surface area contributed by atoms with Gasteiger partial charge < -0.3 is 10.5 Å². The highest BCUT2D eigenvalue weighted by atomic mass is 32.2. The lowest BCUT2D eigenvalue weighted by Gasteiger charge is -2.13. The van der Waals surface area contributed by atoms with Crippen molar-refractivity contribution < 1.29 is 18.1 Å². The second kappa shape index (κ2) is 6.64. The summed E-state index contributed by atoms with van der Waals surface area (Å²) in [6, 6.07) is 3.77. The molecule has 0 bridgehead atoms. The molecule has 9 heteroatoms. The number of benzene rings is 1. The van der Waals surface area contributed by atoms with Gasteiger partial charge in [0.05, 0.1) is 11.0 Å². The SMILES string of the molecule is CCOC(C)CNS(=O)(=O)c1cccc(N)c1[N+](=O)[O-]. The molecule has 3 N–H and O–H groups in total. The molecule has 0 spiro atoms. The highest BCUT2D eigenvalue weighted by Gasteiger charge is 2.28. The monoisotopic (exact) mass is 303 g/mol. The maximum absolute atomic E-state index is 12.1. The second-order valence-corrected chi connectivity index (χ2v) is 5.80. The van der Waals surface area contributed by atoms with Crippen LogP contribution in [0.4, 0.5) is 11.4 Å². The number of anilines is 1. The number of ether oxygens (including phenoxy) is 1. The first kappa shape index (κ1) is 16.3. The van der Waals surface area contributed by atoms with Crippen LogP contribution in [0.25, 0.3) is 0 Å². The third-order valence-corrected chi connectivity index (χ3v) is 3.97. The molecule has 0 saturated heterocycles. The molecule has 1 rings (SSSR count). The lowest BCUT2D eigenvalue weighted by atomic mass is 10.3. The van der Waals surface area contributed by atoms with Gasteiger partial charge in [0.25, 0.3) is 0 Å². The van der Waals surface area contributed by atoms with Crippen molar-refractivity contribution in [2.45, 2.75) is 24.8 Å². The number of hydrogen-bond acceptors (Lipinski definition) is 6. The maximum atomic E-state index is 12.1. The van der Waals surface area contributed by atoms with Gasteiger partial charge in [0, 0.05) is 13.2 Å². The summed E-state index contributed by atoms with van der Waals surface area (Å²) < 4.78 is 31.6. The van der Waals surface area contributed by atoms with Gasteiger partial charge in [-0.15, -0.1) is 0 Å². The summed E-state index contributed by atoms with van der Waals surface area (Å²) in [5.74, 6) is 0. The van der Waals surface area contributed by atoms with Crippen LogP contribution >= 0.6 is 0 Å². The smallest absolute Gasteiger partial charge is 0.312 e. The number of para-hydroxylation sites is 1. The predicted molar refractivity (Wildman–Crippen MR) is 73.8 cm³/mol. The standard InChI is InChI=1S/C11H17N3O5S/c1-3-19-8(2)7-13-20(17,18)10-6-4-5-9(12)11(10)14(15)16/h4-6,8,13H,3,7,12H2,1-2H3. The lowest BCUT2D eigenvalue weighted by Crippen LogP contribution is -2.32. The topological polar surface area (TPSA) is 125 Å². The van der Waals surface area contributed by atoms with E-state index in [-0.39, 0.29) is 18.3 Å². The molecule has 0 saturated carbocycles. The zero-order valence-corrected chi connectivity index (χ0v) is 12.0. The average Bonchev–Trinajstić information content (AvgIpc) is 2.36. The number of nitro benzene ring substituents is 1. The Bertz CT molecular complexity index is 588. The van der Waals surface area contributed by atoms with Gasteiger partial charge in [-0.1, -0.05) is 6.07 Å². The van der Waals surface area contributed by atoms with Crippen LogP contribution in [0.2, 0.25) is 0 Å². The lowest BCUT2D eigenvalue weighted by molar-refractivity contribution is -0.386. The number of nitrogens with two attached hydrogens (primary N) is 1. The molecular formula is C11H17N3O5S. The minimum atomic E-state index is -4.02. The molecule has 8 nitrogen and oxygen atoms in total. The van der Waals surface area contributed by atoms with Crippen molar-refractivity contribution in [1.82, 2.24) is 4.72 Å². The Labute approximate surface area is 117 Å². The van der Waals surface area contributed by atoms with E-state index < -0.39 is 25.5 Å². The fourth-order valence-electron chi connectivity index (χ4n) is 1.60. The fourth-order valence-corrected chi connectivity index (χ4v) is 2.91. The van der Waals surface area contributed by atoms with Crippen LogP contribution in [0.1, 0.15) is 13.8 Å². The second-order valence-electron chi connectivity index (χ2n) is 4.07. The number of nitrogens with one attached hydrogen (secondary N) is 1. The minimum absolute atomic E-state index is 0.0160. The Morgan fingerprint density at radius 2 is 2.15 bits per heavy atom. The number of nitro groups is 1. The Morgan fingerprint density at radius 1 is 1.50 bits per heavy atom. The molecule has 1 atom stereocenters. The van der Waals surface area contributed by atoms with Crippen molar-refractivity contribution >= 4 is 21.4 Å². The van der Waals surface area contributed by atoms with Gasteiger partial charge in [-0.25, -0.2) is 13.1 Å². The molecule has 1 aromatic rings. The number of sulfonamides is 1. The molecular weight excluding hydrogens is 286 g/mol. The van der Waals surface area contributed by atoms with E-state index in [1.807, 2.05) is 0 Å². The molecule has 1 aromatic carbocycles. The zero-order chi connectivity index (χ0) is 15.3. The van der Waals surface area contributed by atoms with Crippen molar-refractivity contribution in [3.8, 4) is 0 Å². The first-order valence-corrected chi connectivity index (χ1v) is 7.42. The molecule has 0 aliphatic heterocycles. The molecule has 0 aliphatic carbocycles. The summed E-state index contributed by atoms with van der Waals surface area (Å²) in [4.78, 5) is 9.68. The number of rotatable bonds is 7. The van der Waals surface area contributed by atoms with E-state index in [1.54, 1.807) is 13.8 Å². The molecule has 0 radical (unpaired) electrons. The molecule has 1 unspecified atom stereocenters.